The Kier molecular flexibility index (Phi) is 8.79. The Labute approximate surface area is 240 Å². The molecule has 5 rings (SSSR count). The first kappa shape index (κ1) is 27.2. The molecule has 2 aliphatic heterocycles. The molecule has 0 aliphatic carbocycles. The van der Waals surface area contributed by atoms with Gasteiger partial charge in [-0.15, -0.1) is 0 Å². The Balaban J connectivity index is 1.27. The molecule has 0 spiro atoms. The number of benzene rings is 3. The van der Waals surface area contributed by atoms with Crippen LogP contribution in [-0.4, -0.2) is 51.9 Å². The predicted octanol–water partition coefficient (Wildman–Crippen LogP) is 4.49. The van der Waals surface area contributed by atoms with Gasteiger partial charge in [-0.05, 0) is 59.8 Å². The lowest BCUT2D eigenvalue weighted by molar-refractivity contribution is -0.138. The average molecular weight is 561 g/mol. The third kappa shape index (κ3) is 6.60. The molecule has 2 amide bonds. The van der Waals surface area contributed by atoms with Crippen LogP contribution in [0.15, 0.2) is 78.9 Å². The minimum absolute atomic E-state index is 0.0503. The molecule has 2 aliphatic rings. The number of fused-ring (bicyclic) bond motifs is 1. The van der Waals surface area contributed by atoms with Gasteiger partial charge in [0.2, 0.25) is 11.8 Å². The summed E-state index contributed by atoms with van der Waals surface area (Å²) in [7, 11) is 0. The highest BCUT2D eigenvalue weighted by molar-refractivity contribution is 7.80. The number of carbonyl (C=O) groups is 2. The van der Waals surface area contributed by atoms with E-state index in [0.29, 0.717) is 49.2 Å². The molecule has 0 aromatic heterocycles. The summed E-state index contributed by atoms with van der Waals surface area (Å²) in [6.07, 6.45) is 2.79. The lowest BCUT2D eigenvalue weighted by Crippen LogP contribution is -2.56. The summed E-state index contributed by atoms with van der Waals surface area (Å²) in [6.45, 7) is 2.37. The Hall–Kier alpha value is -3.42. The highest BCUT2D eigenvalue weighted by Gasteiger charge is 2.36. The molecule has 0 bridgehead atoms. The van der Waals surface area contributed by atoms with Gasteiger partial charge in [0, 0.05) is 37.6 Å². The maximum absolute atomic E-state index is 13.8. The monoisotopic (exact) mass is 560 g/mol. The number of rotatable bonds is 7. The number of nitrogens with zero attached hydrogens (tertiary/aromatic N) is 2. The van der Waals surface area contributed by atoms with Crippen LogP contribution in [0.3, 0.4) is 0 Å². The van der Waals surface area contributed by atoms with E-state index >= 15 is 0 Å². The number of thiocarbonyl (C=S) groups is 1. The molecular formula is C31H33ClN4O2S. The molecule has 0 saturated carbocycles. The number of nitrogens with one attached hydrogen (secondary N) is 2. The Morgan fingerprint density at radius 2 is 1.67 bits per heavy atom. The number of hydrogen-bond acceptors (Lipinski definition) is 3. The van der Waals surface area contributed by atoms with E-state index in [1.807, 2.05) is 76.5 Å². The summed E-state index contributed by atoms with van der Waals surface area (Å²) < 4.78 is 0. The molecule has 0 radical (unpaired) electrons. The summed E-state index contributed by atoms with van der Waals surface area (Å²) in [5.74, 6) is -0.216. The molecule has 39 heavy (non-hydrogen) atoms. The molecule has 2 heterocycles. The van der Waals surface area contributed by atoms with Gasteiger partial charge >= 0.3 is 0 Å². The van der Waals surface area contributed by atoms with E-state index < -0.39 is 12.1 Å². The highest BCUT2D eigenvalue weighted by Crippen LogP contribution is 2.22. The molecule has 202 valence electrons. The molecule has 6 nitrogen and oxygen atoms in total. The zero-order valence-electron chi connectivity index (χ0n) is 21.8. The average Bonchev–Trinajstić information content (AvgIpc) is 3.47. The molecule has 1 fully saturated rings. The number of likely N-dealkylation sites (tertiary alicyclic amines) is 1. The van der Waals surface area contributed by atoms with Gasteiger partial charge in [-0.3, -0.25) is 9.59 Å². The maximum Gasteiger partial charge on any atom is 0.245 e. The van der Waals surface area contributed by atoms with Gasteiger partial charge in [0.05, 0.1) is 0 Å². The molecule has 8 heteroatoms. The lowest BCUT2D eigenvalue weighted by Gasteiger charge is -2.33. The maximum atomic E-state index is 13.8. The van der Waals surface area contributed by atoms with Crippen LogP contribution < -0.4 is 10.6 Å². The molecule has 2 N–H and O–H groups in total. The second-order valence-corrected chi connectivity index (χ2v) is 10.9. The largest absolute Gasteiger partial charge is 0.358 e. The zero-order chi connectivity index (χ0) is 27.2. The van der Waals surface area contributed by atoms with Crippen molar-refractivity contribution in [2.24, 2.45) is 0 Å². The van der Waals surface area contributed by atoms with Crippen molar-refractivity contribution in [2.45, 2.75) is 50.9 Å². The molecule has 3 aromatic carbocycles. The van der Waals surface area contributed by atoms with Crippen molar-refractivity contribution in [3.05, 3.63) is 106 Å². The predicted molar refractivity (Wildman–Crippen MR) is 158 cm³/mol. The highest BCUT2D eigenvalue weighted by atomic mass is 35.5. The smallest absolute Gasteiger partial charge is 0.245 e. The standard InChI is InChI=1S/C31H33ClN4O2S/c32-26-14-7-6-12-24(26)20-33-31(39)36-17-8-15-28(36)29(37)34-27(19-22-9-2-1-3-10-22)30(38)35-18-16-23-11-4-5-13-25(23)21-35/h1-7,9-14,27-28H,8,15-21H2,(H,33,39)(H,34,37)/t27-,28-/m0/s1. The molecule has 2 atom stereocenters. The fourth-order valence-electron chi connectivity index (χ4n) is 5.42. The summed E-state index contributed by atoms with van der Waals surface area (Å²) in [5.41, 5.74) is 4.40. The second kappa shape index (κ2) is 12.6. The van der Waals surface area contributed by atoms with Gasteiger partial charge < -0.3 is 20.4 Å². The SMILES string of the molecule is O=C(N[C@@H](Cc1ccccc1)C(=O)N1CCc2ccccc2C1)[C@@H]1CCCN1C(=S)NCc1ccccc1Cl. The number of amides is 2. The van der Waals surface area contributed by atoms with E-state index in [1.54, 1.807) is 0 Å². The van der Waals surface area contributed by atoms with Crippen LogP contribution in [-0.2, 0) is 35.5 Å². The van der Waals surface area contributed by atoms with E-state index in [4.69, 9.17) is 23.8 Å². The van der Waals surface area contributed by atoms with Gasteiger partial charge in [0.15, 0.2) is 5.11 Å². The first-order chi connectivity index (χ1) is 19.0. The van der Waals surface area contributed by atoms with Crippen LogP contribution in [0.1, 0.15) is 35.1 Å². The van der Waals surface area contributed by atoms with Gasteiger partial charge in [0.1, 0.15) is 12.1 Å². The zero-order valence-corrected chi connectivity index (χ0v) is 23.4. The number of hydrogen-bond donors (Lipinski definition) is 2. The van der Waals surface area contributed by atoms with Crippen molar-refractivity contribution in [3.63, 3.8) is 0 Å². The Morgan fingerprint density at radius 3 is 2.46 bits per heavy atom. The molecule has 1 saturated heterocycles. The van der Waals surface area contributed by atoms with Gasteiger partial charge in [-0.1, -0.05) is 84.4 Å². The fraction of sp³-hybridized carbons (Fsp3) is 0.323. The fourth-order valence-corrected chi connectivity index (χ4v) is 5.91. The van der Waals surface area contributed by atoms with Crippen LogP contribution in [0, 0.1) is 0 Å². The van der Waals surface area contributed by atoms with Crippen LogP contribution in [0.2, 0.25) is 5.02 Å². The third-order valence-electron chi connectivity index (χ3n) is 7.54. The molecule has 0 unspecified atom stereocenters. The first-order valence-corrected chi connectivity index (χ1v) is 14.3. The van der Waals surface area contributed by atoms with E-state index in [0.717, 1.165) is 24.0 Å². The molecular weight excluding hydrogens is 528 g/mol. The number of carbonyl (C=O) groups excluding carboxylic acids is 2. The van der Waals surface area contributed by atoms with Gasteiger partial charge in [-0.2, -0.15) is 0 Å². The minimum Gasteiger partial charge on any atom is -0.358 e. The normalized spacial score (nSPS) is 17.3. The first-order valence-electron chi connectivity index (χ1n) is 13.5. The summed E-state index contributed by atoms with van der Waals surface area (Å²) in [5, 5.41) is 7.57. The van der Waals surface area contributed by atoms with Crippen molar-refractivity contribution < 1.29 is 9.59 Å². The van der Waals surface area contributed by atoms with Crippen molar-refractivity contribution in [3.8, 4) is 0 Å². The Morgan fingerprint density at radius 1 is 0.949 bits per heavy atom. The van der Waals surface area contributed by atoms with Crippen molar-refractivity contribution in [1.82, 2.24) is 20.4 Å². The minimum atomic E-state index is -0.655. The number of halogens is 1. The topological polar surface area (TPSA) is 64.7 Å². The van der Waals surface area contributed by atoms with Crippen molar-refractivity contribution in [1.29, 1.82) is 0 Å². The summed E-state index contributed by atoms with van der Waals surface area (Å²) >= 11 is 12.0. The van der Waals surface area contributed by atoms with E-state index in [-0.39, 0.29) is 11.8 Å². The molecule has 3 aromatic rings. The Bertz CT molecular complexity index is 1330. The van der Waals surface area contributed by atoms with Crippen molar-refractivity contribution >= 4 is 40.7 Å². The van der Waals surface area contributed by atoms with Gasteiger partial charge in [-0.25, -0.2) is 0 Å². The lowest BCUT2D eigenvalue weighted by atomic mass is 9.98. The summed E-state index contributed by atoms with van der Waals surface area (Å²) in [6, 6.07) is 24.6. The van der Waals surface area contributed by atoms with E-state index in [9.17, 15) is 9.59 Å². The van der Waals surface area contributed by atoms with E-state index in [2.05, 4.69) is 22.8 Å². The van der Waals surface area contributed by atoms with Gasteiger partial charge in [0.25, 0.3) is 0 Å². The second-order valence-electron chi connectivity index (χ2n) is 10.1. The third-order valence-corrected chi connectivity index (χ3v) is 8.29. The summed E-state index contributed by atoms with van der Waals surface area (Å²) in [4.78, 5) is 31.3. The van der Waals surface area contributed by atoms with Crippen LogP contribution in [0.5, 0.6) is 0 Å². The van der Waals surface area contributed by atoms with Crippen LogP contribution >= 0.6 is 23.8 Å². The quantitative estimate of drug-likeness (QED) is 0.417. The van der Waals surface area contributed by atoms with Crippen LogP contribution in [0.25, 0.3) is 0 Å². The van der Waals surface area contributed by atoms with Crippen molar-refractivity contribution in [2.75, 3.05) is 13.1 Å². The van der Waals surface area contributed by atoms with Crippen LogP contribution in [0.4, 0.5) is 0 Å². The van der Waals surface area contributed by atoms with E-state index in [1.165, 1.54) is 11.1 Å².